The van der Waals surface area contributed by atoms with Crippen LogP contribution in [0.3, 0.4) is 0 Å². The first-order valence-corrected chi connectivity index (χ1v) is 7.29. The second-order valence-corrected chi connectivity index (χ2v) is 5.57. The molecule has 2 aromatic rings. The summed E-state index contributed by atoms with van der Waals surface area (Å²) in [5.74, 6) is -1.20. The molecule has 1 aromatic heterocycles. The second kappa shape index (κ2) is 5.49. The quantitative estimate of drug-likeness (QED) is 0.730. The standard InChI is InChI=1S/C19H19NOS/c1-20-9-6-13(7-10-20)18-15-5-3-2-4-14(15)12-17(21)19-16(18)8-11-22-19/h2-5,8,11H,6-7,9-10,12H2,1H3/i2D,3D,4D,5D,6D2,7D2,9D2,10D2,12D2. The zero-order valence-electron chi connectivity index (χ0n) is 25.4. The number of carbonyl (C=O) groups is 1. The molecule has 1 aliphatic heterocycles. The van der Waals surface area contributed by atoms with Crippen LogP contribution in [-0.2, 0) is 6.37 Å². The van der Waals surface area contributed by atoms with Gasteiger partial charge in [-0.15, -0.1) is 11.3 Å². The van der Waals surface area contributed by atoms with Crippen molar-refractivity contribution >= 4 is 22.7 Å². The first-order valence-electron chi connectivity index (χ1n) is 13.4. The number of ketones is 1. The predicted molar refractivity (Wildman–Crippen MR) is 91.5 cm³/mol. The predicted octanol–water partition coefficient (Wildman–Crippen LogP) is 4.01. The van der Waals surface area contributed by atoms with Gasteiger partial charge >= 0.3 is 0 Å². The number of hydrogen-bond acceptors (Lipinski definition) is 3. The lowest BCUT2D eigenvalue weighted by molar-refractivity contribution is 0.0997. The van der Waals surface area contributed by atoms with Crippen LogP contribution in [0, 0.1) is 0 Å². The number of benzene rings is 1. The molecule has 1 aliphatic carbocycles. The number of fused-ring (bicyclic) bond motifs is 2. The van der Waals surface area contributed by atoms with Crippen LogP contribution >= 0.6 is 11.3 Å². The fourth-order valence-electron chi connectivity index (χ4n) is 2.30. The molecule has 2 nitrogen and oxygen atoms in total. The van der Waals surface area contributed by atoms with Crippen LogP contribution in [0.2, 0.25) is 0 Å². The largest absolute Gasteiger partial charge is 0.306 e. The molecule has 4 rings (SSSR count). The van der Waals surface area contributed by atoms with Crippen LogP contribution in [0.5, 0.6) is 0 Å². The molecule has 22 heavy (non-hydrogen) atoms. The lowest BCUT2D eigenvalue weighted by Gasteiger charge is -2.27. The highest BCUT2D eigenvalue weighted by molar-refractivity contribution is 7.12. The minimum atomic E-state index is -3.31. The van der Waals surface area contributed by atoms with E-state index in [1.165, 1.54) is 11.4 Å². The molecule has 1 saturated heterocycles. The third-order valence-electron chi connectivity index (χ3n) is 3.26. The van der Waals surface area contributed by atoms with E-state index in [1.807, 2.05) is 0 Å². The highest BCUT2D eigenvalue weighted by atomic mass is 32.1. The molecule has 0 unspecified atom stereocenters. The lowest BCUT2D eigenvalue weighted by atomic mass is 9.88. The van der Waals surface area contributed by atoms with E-state index < -0.39 is 84.3 Å². The summed E-state index contributed by atoms with van der Waals surface area (Å²) in [5, 5.41) is 1.33. The van der Waals surface area contributed by atoms with E-state index in [1.54, 1.807) is 0 Å². The van der Waals surface area contributed by atoms with E-state index in [0.717, 1.165) is 18.4 Å². The van der Waals surface area contributed by atoms with Gasteiger partial charge in [-0.25, -0.2) is 0 Å². The first kappa shape index (κ1) is 5.43. The maximum absolute atomic E-state index is 13.3. The summed E-state index contributed by atoms with van der Waals surface area (Å²) < 4.78 is 118. The number of carbonyl (C=O) groups excluding carboxylic acids is 1. The number of likely N-dealkylation sites (tertiary alicyclic amines) is 1. The smallest absolute Gasteiger partial charge is 0.177 e. The molecule has 3 heteroatoms. The monoisotopic (exact) mass is 323 g/mol. The van der Waals surface area contributed by atoms with Crippen LogP contribution in [0.25, 0.3) is 5.57 Å². The van der Waals surface area contributed by atoms with Gasteiger partial charge in [-0.3, -0.25) is 4.79 Å². The first-order chi connectivity index (χ1) is 16.2. The Labute approximate surface area is 154 Å². The summed E-state index contributed by atoms with van der Waals surface area (Å²) in [7, 11) is 0.877. The molecule has 2 heterocycles. The molecule has 0 N–H and O–H groups in total. The van der Waals surface area contributed by atoms with Gasteiger partial charge in [0.1, 0.15) is 0 Å². The molecule has 0 saturated carbocycles. The van der Waals surface area contributed by atoms with E-state index in [-0.39, 0.29) is 15.3 Å². The van der Waals surface area contributed by atoms with Crippen molar-refractivity contribution in [1.82, 2.24) is 4.90 Å². The van der Waals surface area contributed by atoms with Crippen LogP contribution < -0.4 is 0 Å². The third-order valence-corrected chi connectivity index (χ3v) is 4.18. The fraction of sp³-hybridized carbons (Fsp3) is 0.316. The lowest BCUT2D eigenvalue weighted by Crippen LogP contribution is -2.27. The van der Waals surface area contributed by atoms with Crippen molar-refractivity contribution in [3.05, 3.63) is 62.8 Å². The van der Waals surface area contributed by atoms with E-state index in [0.29, 0.717) is 0 Å². The van der Waals surface area contributed by atoms with Crippen LogP contribution in [-0.4, -0.2) is 30.7 Å². The van der Waals surface area contributed by atoms with Crippen LogP contribution in [0.15, 0.2) is 41.2 Å². The molecule has 1 aromatic carbocycles. The van der Waals surface area contributed by atoms with Crippen molar-refractivity contribution < 1.29 is 24.0 Å². The van der Waals surface area contributed by atoms with Gasteiger partial charge in [0.25, 0.3) is 0 Å². The Kier molecular flexibility index (Phi) is 1.35. The summed E-state index contributed by atoms with van der Waals surface area (Å²) in [6, 6.07) is -2.33. The highest BCUT2D eigenvalue weighted by Gasteiger charge is 2.27. The van der Waals surface area contributed by atoms with Crippen molar-refractivity contribution in [3.63, 3.8) is 0 Å². The van der Waals surface area contributed by atoms with E-state index in [9.17, 15) is 4.79 Å². The van der Waals surface area contributed by atoms with Crippen LogP contribution in [0.4, 0.5) is 0 Å². The van der Waals surface area contributed by atoms with Gasteiger partial charge in [-0.05, 0) is 47.9 Å². The average Bonchev–Trinajstić information content (AvgIpc) is 3.22. The number of piperidine rings is 1. The Hall–Kier alpha value is -1.71. The summed E-state index contributed by atoms with van der Waals surface area (Å²) in [4.78, 5) is 13.3. The van der Waals surface area contributed by atoms with Crippen LogP contribution in [0.1, 0.15) is 58.3 Å². The van der Waals surface area contributed by atoms with Gasteiger partial charge in [-0.2, -0.15) is 0 Å². The number of thiophene rings is 1. The van der Waals surface area contributed by atoms with Gasteiger partial charge < -0.3 is 4.90 Å². The van der Waals surface area contributed by atoms with Crippen molar-refractivity contribution in [3.8, 4) is 0 Å². The SMILES string of the molecule is [2H]c1c([2H])c([2H])c2c(c1[2H])C(=C1C([2H])([2H])C([2H])([2H])N(C)C([2H])([2H])C1([2H])[2H])c1ccsc1C(=O)C2([2H])[2H]. The molecule has 2 aliphatic rings. The molecule has 1 fully saturated rings. The Morgan fingerprint density at radius 3 is 2.82 bits per heavy atom. The summed E-state index contributed by atoms with van der Waals surface area (Å²) in [6.45, 7) is -6.33. The Morgan fingerprint density at radius 2 is 2.00 bits per heavy atom. The van der Waals surface area contributed by atoms with Crippen molar-refractivity contribution in [2.45, 2.75) is 19.1 Å². The highest BCUT2D eigenvalue weighted by Crippen LogP contribution is 2.40. The van der Waals surface area contributed by atoms with Gasteiger partial charge in [0.2, 0.25) is 0 Å². The second-order valence-electron chi connectivity index (χ2n) is 4.65. The van der Waals surface area contributed by atoms with E-state index in [4.69, 9.17) is 19.2 Å². The number of hydrogen-bond donors (Lipinski definition) is 0. The van der Waals surface area contributed by atoms with Crippen molar-refractivity contribution in [2.75, 3.05) is 20.0 Å². The summed E-state index contributed by atoms with van der Waals surface area (Å²) in [6.07, 6.45) is -9.66. The topological polar surface area (TPSA) is 20.3 Å². The Morgan fingerprint density at radius 1 is 1.23 bits per heavy atom. The number of nitrogens with zero attached hydrogens (tertiary/aromatic N) is 1. The molecule has 0 atom stereocenters. The summed E-state index contributed by atoms with van der Waals surface area (Å²) in [5.41, 5.74) is -3.62. The van der Waals surface area contributed by atoms with Crippen molar-refractivity contribution in [1.29, 1.82) is 0 Å². The van der Waals surface area contributed by atoms with E-state index >= 15 is 0 Å². The Bertz CT molecular complexity index is 1330. The molecular formula is C19H19NOS. The number of rotatable bonds is 0. The maximum atomic E-state index is 13.3. The van der Waals surface area contributed by atoms with E-state index in [2.05, 4.69) is 0 Å². The van der Waals surface area contributed by atoms with Crippen molar-refractivity contribution in [2.24, 2.45) is 0 Å². The minimum absolute atomic E-state index is 0.267. The Balaban J connectivity index is 2.39. The molecular weight excluding hydrogens is 290 g/mol. The molecule has 112 valence electrons. The summed E-state index contributed by atoms with van der Waals surface area (Å²) >= 11 is 0.725. The number of Topliss-reactive ketones (excluding diaryl/α,β-unsaturated/α-hetero) is 1. The fourth-order valence-corrected chi connectivity index (χ4v) is 3.10. The van der Waals surface area contributed by atoms with Gasteiger partial charge in [-0.1, -0.05) is 29.7 Å². The molecule has 0 amide bonds. The third kappa shape index (κ3) is 2.25. The average molecular weight is 324 g/mol. The molecule has 0 bridgehead atoms. The zero-order valence-corrected chi connectivity index (χ0v) is 12.2. The maximum Gasteiger partial charge on any atom is 0.177 e. The molecule has 0 radical (unpaired) electrons. The molecule has 0 spiro atoms. The van der Waals surface area contributed by atoms with Gasteiger partial charge in [0.05, 0.1) is 10.4 Å². The van der Waals surface area contributed by atoms with Gasteiger partial charge in [0.15, 0.2) is 5.78 Å². The normalized spacial score (nSPS) is 39.6. The minimum Gasteiger partial charge on any atom is -0.306 e. The zero-order chi connectivity index (χ0) is 27.5. The van der Waals surface area contributed by atoms with Gasteiger partial charge in [0, 0.05) is 38.6 Å².